The first-order valence-electron chi connectivity index (χ1n) is 9.06. The lowest BCUT2D eigenvalue weighted by Crippen LogP contribution is -2.27. The Morgan fingerprint density at radius 3 is 2.96 bits per heavy atom. The van der Waals surface area contributed by atoms with E-state index in [1.54, 1.807) is 6.92 Å². The van der Waals surface area contributed by atoms with Gasteiger partial charge in [0.05, 0.1) is 5.69 Å². The first-order chi connectivity index (χ1) is 13.1. The summed E-state index contributed by atoms with van der Waals surface area (Å²) in [5.74, 6) is 0.964. The largest absolute Gasteiger partial charge is 0.350 e. The summed E-state index contributed by atoms with van der Waals surface area (Å²) < 4.78 is 7.98. The highest BCUT2D eigenvalue weighted by molar-refractivity contribution is 9.10. The molecular formula is C19H20BrN5O2. The second-order valence-electron chi connectivity index (χ2n) is 6.61. The van der Waals surface area contributed by atoms with Gasteiger partial charge in [-0.15, -0.1) is 0 Å². The number of amides is 1. The topological polar surface area (TPSA) is 85.8 Å². The smallest absolute Gasteiger partial charge is 0.272 e. The Morgan fingerprint density at radius 2 is 2.19 bits per heavy atom. The normalized spacial score (nSPS) is 13.4. The van der Waals surface area contributed by atoms with Crippen molar-refractivity contribution < 1.29 is 9.32 Å². The van der Waals surface area contributed by atoms with E-state index in [4.69, 9.17) is 4.52 Å². The molecular weight excluding hydrogens is 410 g/mol. The SMILES string of the molecule is Cc1noc(CCNC(=O)c2nn(-c3cccc(Br)c3)c3c2CCCC3)n1. The molecule has 0 spiro atoms. The Morgan fingerprint density at radius 1 is 1.33 bits per heavy atom. The van der Waals surface area contributed by atoms with Gasteiger partial charge in [0, 0.05) is 28.7 Å². The molecule has 1 aliphatic rings. The van der Waals surface area contributed by atoms with Crippen molar-refractivity contribution in [1.29, 1.82) is 0 Å². The highest BCUT2D eigenvalue weighted by Gasteiger charge is 2.25. The predicted molar refractivity (Wildman–Crippen MR) is 103 cm³/mol. The highest BCUT2D eigenvalue weighted by Crippen LogP contribution is 2.27. The number of carbonyl (C=O) groups excluding carboxylic acids is 1. The number of aromatic nitrogens is 4. The maximum atomic E-state index is 12.8. The lowest BCUT2D eigenvalue weighted by molar-refractivity contribution is 0.0947. The minimum Gasteiger partial charge on any atom is -0.350 e. The summed E-state index contributed by atoms with van der Waals surface area (Å²) in [6, 6.07) is 7.97. The van der Waals surface area contributed by atoms with Gasteiger partial charge in [-0.25, -0.2) is 4.68 Å². The van der Waals surface area contributed by atoms with E-state index in [-0.39, 0.29) is 5.91 Å². The fourth-order valence-electron chi connectivity index (χ4n) is 3.41. The number of carbonyl (C=O) groups is 1. The zero-order valence-corrected chi connectivity index (χ0v) is 16.6. The van der Waals surface area contributed by atoms with Crippen LogP contribution in [0.5, 0.6) is 0 Å². The van der Waals surface area contributed by atoms with Crippen LogP contribution in [0.1, 0.15) is 46.3 Å². The van der Waals surface area contributed by atoms with Crippen LogP contribution in [0, 0.1) is 6.92 Å². The predicted octanol–water partition coefficient (Wildman–Crippen LogP) is 3.18. The molecule has 0 saturated carbocycles. The molecule has 27 heavy (non-hydrogen) atoms. The number of hydrogen-bond donors (Lipinski definition) is 1. The van der Waals surface area contributed by atoms with E-state index >= 15 is 0 Å². The number of rotatable bonds is 5. The summed E-state index contributed by atoms with van der Waals surface area (Å²) >= 11 is 3.51. The van der Waals surface area contributed by atoms with Crippen LogP contribution in [0.15, 0.2) is 33.3 Å². The van der Waals surface area contributed by atoms with Gasteiger partial charge in [-0.05, 0) is 50.8 Å². The van der Waals surface area contributed by atoms with Crippen molar-refractivity contribution in [2.45, 2.75) is 39.0 Å². The molecule has 0 saturated heterocycles. The first-order valence-corrected chi connectivity index (χ1v) is 9.85. The molecule has 1 aliphatic carbocycles. The van der Waals surface area contributed by atoms with Gasteiger partial charge < -0.3 is 9.84 Å². The van der Waals surface area contributed by atoms with Crippen LogP contribution in [-0.2, 0) is 19.3 Å². The van der Waals surface area contributed by atoms with Crippen LogP contribution in [0.2, 0.25) is 0 Å². The number of fused-ring (bicyclic) bond motifs is 1. The van der Waals surface area contributed by atoms with Crippen LogP contribution in [0.3, 0.4) is 0 Å². The summed E-state index contributed by atoms with van der Waals surface area (Å²) in [5.41, 5.74) is 3.68. The zero-order valence-electron chi connectivity index (χ0n) is 15.0. The van der Waals surface area contributed by atoms with Gasteiger partial charge in [0.1, 0.15) is 0 Å². The molecule has 0 bridgehead atoms. The lowest BCUT2D eigenvalue weighted by atomic mass is 9.95. The van der Waals surface area contributed by atoms with Crippen molar-refractivity contribution >= 4 is 21.8 Å². The molecule has 1 N–H and O–H groups in total. The van der Waals surface area contributed by atoms with Crippen LogP contribution >= 0.6 is 15.9 Å². The fourth-order valence-corrected chi connectivity index (χ4v) is 3.80. The molecule has 2 aromatic heterocycles. The van der Waals surface area contributed by atoms with Crippen molar-refractivity contribution in [3.63, 3.8) is 0 Å². The number of nitrogens with zero attached hydrogens (tertiary/aromatic N) is 4. The molecule has 2 heterocycles. The molecule has 4 rings (SSSR count). The van der Waals surface area contributed by atoms with Gasteiger partial charge in [-0.1, -0.05) is 27.2 Å². The third-order valence-electron chi connectivity index (χ3n) is 4.64. The maximum Gasteiger partial charge on any atom is 0.272 e. The highest BCUT2D eigenvalue weighted by atomic mass is 79.9. The van der Waals surface area contributed by atoms with Crippen LogP contribution in [0.4, 0.5) is 0 Å². The minimum atomic E-state index is -0.155. The molecule has 0 fully saturated rings. The van der Waals surface area contributed by atoms with Crippen LogP contribution in [0.25, 0.3) is 5.69 Å². The Kier molecular flexibility index (Phi) is 5.07. The average molecular weight is 430 g/mol. The zero-order chi connectivity index (χ0) is 18.8. The van der Waals surface area contributed by atoms with Gasteiger partial charge in [-0.3, -0.25) is 4.79 Å². The number of halogens is 1. The van der Waals surface area contributed by atoms with Gasteiger partial charge in [0.2, 0.25) is 5.89 Å². The minimum absolute atomic E-state index is 0.155. The van der Waals surface area contributed by atoms with Crippen molar-refractivity contribution in [1.82, 2.24) is 25.2 Å². The Labute approximate surface area is 165 Å². The molecule has 140 valence electrons. The molecule has 0 radical (unpaired) electrons. The number of nitrogens with one attached hydrogen (secondary N) is 1. The fraction of sp³-hybridized carbons (Fsp3) is 0.368. The van der Waals surface area contributed by atoms with Gasteiger partial charge in [-0.2, -0.15) is 10.1 Å². The summed E-state index contributed by atoms with van der Waals surface area (Å²) in [7, 11) is 0. The number of benzene rings is 1. The second-order valence-corrected chi connectivity index (χ2v) is 7.53. The molecule has 1 amide bonds. The van der Waals surface area contributed by atoms with E-state index in [0.717, 1.165) is 47.1 Å². The van der Waals surface area contributed by atoms with Crippen molar-refractivity contribution in [3.8, 4) is 5.69 Å². The lowest BCUT2D eigenvalue weighted by Gasteiger charge is -2.14. The Bertz CT molecular complexity index is 978. The molecule has 0 atom stereocenters. The van der Waals surface area contributed by atoms with Gasteiger partial charge in [0.25, 0.3) is 5.91 Å². The maximum absolute atomic E-state index is 12.8. The van der Waals surface area contributed by atoms with E-state index in [1.807, 2.05) is 28.9 Å². The summed E-state index contributed by atoms with van der Waals surface area (Å²) in [6.45, 7) is 2.20. The van der Waals surface area contributed by atoms with E-state index in [0.29, 0.717) is 30.4 Å². The van der Waals surface area contributed by atoms with E-state index in [9.17, 15) is 4.79 Å². The van der Waals surface area contributed by atoms with Crippen molar-refractivity contribution in [2.24, 2.45) is 0 Å². The molecule has 8 heteroatoms. The van der Waals surface area contributed by atoms with Crippen LogP contribution < -0.4 is 5.32 Å². The number of aryl methyl sites for hydroxylation is 1. The Balaban J connectivity index is 1.56. The third-order valence-corrected chi connectivity index (χ3v) is 5.14. The van der Waals surface area contributed by atoms with Crippen molar-refractivity contribution in [2.75, 3.05) is 6.54 Å². The monoisotopic (exact) mass is 429 g/mol. The molecule has 0 aliphatic heterocycles. The molecule has 1 aromatic carbocycles. The quantitative estimate of drug-likeness (QED) is 0.672. The van der Waals surface area contributed by atoms with Gasteiger partial charge >= 0.3 is 0 Å². The van der Waals surface area contributed by atoms with E-state index < -0.39 is 0 Å². The van der Waals surface area contributed by atoms with E-state index in [1.165, 1.54) is 0 Å². The summed E-state index contributed by atoms with van der Waals surface area (Å²) in [6.07, 6.45) is 4.52. The second kappa shape index (κ2) is 7.64. The van der Waals surface area contributed by atoms with Crippen molar-refractivity contribution in [3.05, 3.63) is 57.4 Å². The average Bonchev–Trinajstić information content (AvgIpc) is 3.25. The molecule has 0 unspecified atom stereocenters. The molecule has 3 aromatic rings. The summed E-state index contributed by atoms with van der Waals surface area (Å²) in [5, 5.41) is 11.4. The van der Waals surface area contributed by atoms with Gasteiger partial charge in [0.15, 0.2) is 11.5 Å². The third kappa shape index (κ3) is 3.80. The van der Waals surface area contributed by atoms with E-state index in [2.05, 4.69) is 36.5 Å². The Hall–Kier alpha value is -2.48. The summed E-state index contributed by atoms with van der Waals surface area (Å²) in [4.78, 5) is 16.9. The van der Waals surface area contributed by atoms with Crippen LogP contribution in [-0.4, -0.2) is 32.4 Å². The standard InChI is InChI=1S/C19H20BrN5O2/c1-12-22-17(27-24-12)9-10-21-19(26)18-15-7-2-3-8-16(15)25(23-18)14-6-4-5-13(20)11-14/h4-6,11H,2-3,7-10H2,1H3,(H,21,26). The number of hydrogen-bond acceptors (Lipinski definition) is 5. The molecule has 7 nitrogen and oxygen atoms in total. The first kappa shape index (κ1) is 17.9.